The van der Waals surface area contributed by atoms with E-state index in [9.17, 15) is 4.79 Å². The summed E-state index contributed by atoms with van der Waals surface area (Å²) in [6, 6.07) is 4.90. The van der Waals surface area contributed by atoms with Gasteiger partial charge in [-0.2, -0.15) is 0 Å². The van der Waals surface area contributed by atoms with Crippen molar-refractivity contribution in [2.24, 2.45) is 0 Å². The Labute approximate surface area is 128 Å². The van der Waals surface area contributed by atoms with Crippen molar-refractivity contribution in [2.75, 3.05) is 6.61 Å². The minimum Gasteiger partial charge on any atom is -0.493 e. The number of ether oxygens (including phenoxy) is 1. The molecule has 0 spiro atoms. The molecule has 2 N–H and O–H groups in total. The molecule has 1 aromatic carbocycles. The maximum Gasteiger partial charge on any atom is 0.339 e. The molecular weight excluding hydrogens is 328 g/mol. The summed E-state index contributed by atoms with van der Waals surface area (Å²) in [6.45, 7) is 10.0. The largest absolute Gasteiger partial charge is 0.493 e. The highest BCUT2D eigenvalue weighted by molar-refractivity contribution is 9.10. The van der Waals surface area contributed by atoms with Crippen LogP contribution in [-0.2, 0) is 4.79 Å². The summed E-state index contributed by atoms with van der Waals surface area (Å²) in [5, 5.41) is 15.7. The SMILES string of the molecule is CC.CC.CCOc1ccc(Br)cc1C(=O)O.O=CO. The molecule has 0 aliphatic heterocycles. The van der Waals surface area contributed by atoms with Gasteiger partial charge in [0.05, 0.1) is 6.61 Å². The first kappa shape index (κ1) is 23.5. The van der Waals surface area contributed by atoms with Gasteiger partial charge in [-0.3, -0.25) is 4.79 Å². The third-order valence-corrected chi connectivity index (χ3v) is 1.97. The predicted octanol–water partition coefficient (Wildman–Crippen LogP) is 4.30. The Morgan fingerprint density at radius 2 is 1.75 bits per heavy atom. The van der Waals surface area contributed by atoms with Gasteiger partial charge in [0.25, 0.3) is 6.47 Å². The fraction of sp³-hybridized carbons (Fsp3) is 0.429. The van der Waals surface area contributed by atoms with Crippen LogP contribution in [0.2, 0.25) is 0 Å². The fourth-order valence-corrected chi connectivity index (χ4v) is 1.31. The van der Waals surface area contributed by atoms with Gasteiger partial charge in [0.15, 0.2) is 0 Å². The highest BCUT2D eigenvalue weighted by Crippen LogP contribution is 2.23. The summed E-state index contributed by atoms with van der Waals surface area (Å²) in [7, 11) is 0. The molecule has 0 unspecified atom stereocenters. The highest BCUT2D eigenvalue weighted by Gasteiger charge is 2.10. The molecule has 0 aliphatic rings. The molecular formula is C14H23BrO5. The van der Waals surface area contributed by atoms with Crippen molar-refractivity contribution in [3.05, 3.63) is 28.2 Å². The molecule has 0 fully saturated rings. The van der Waals surface area contributed by atoms with Crippen molar-refractivity contribution in [3.8, 4) is 5.75 Å². The zero-order chi connectivity index (χ0) is 16.6. The first-order valence-electron chi connectivity index (χ1n) is 6.30. The normalized spacial score (nSPS) is 7.50. The molecule has 1 aromatic rings. The Hall–Kier alpha value is -1.56. The van der Waals surface area contributed by atoms with Gasteiger partial charge < -0.3 is 14.9 Å². The molecule has 0 amide bonds. The molecule has 116 valence electrons. The maximum absolute atomic E-state index is 10.7. The summed E-state index contributed by atoms with van der Waals surface area (Å²) in [4.78, 5) is 19.1. The average Bonchev–Trinajstić information content (AvgIpc) is 2.46. The lowest BCUT2D eigenvalue weighted by Crippen LogP contribution is -2.02. The number of carbonyl (C=O) groups is 2. The monoisotopic (exact) mass is 350 g/mol. The Balaban J connectivity index is -0.000000355. The van der Waals surface area contributed by atoms with E-state index >= 15 is 0 Å². The number of halogens is 1. The van der Waals surface area contributed by atoms with E-state index < -0.39 is 5.97 Å². The third-order valence-electron chi connectivity index (χ3n) is 1.47. The zero-order valence-electron chi connectivity index (χ0n) is 12.5. The van der Waals surface area contributed by atoms with Crippen molar-refractivity contribution >= 4 is 28.4 Å². The highest BCUT2D eigenvalue weighted by atomic mass is 79.9. The molecule has 0 saturated heterocycles. The van der Waals surface area contributed by atoms with Crippen molar-refractivity contribution in [2.45, 2.75) is 34.6 Å². The molecule has 0 heterocycles. The van der Waals surface area contributed by atoms with Crippen molar-refractivity contribution in [3.63, 3.8) is 0 Å². The van der Waals surface area contributed by atoms with E-state index in [1.165, 1.54) is 6.07 Å². The standard InChI is InChI=1S/C9H9BrO3.2C2H6.CH2O2/c1-2-13-8-4-3-6(10)5-7(8)9(11)12;2*1-2;2-1-3/h3-5H,2H2,1H3,(H,11,12);2*1-2H3;1H,(H,2,3). The number of carboxylic acids is 1. The average molecular weight is 351 g/mol. The molecule has 0 bridgehead atoms. The summed E-state index contributed by atoms with van der Waals surface area (Å²) in [5.74, 6) is -0.581. The van der Waals surface area contributed by atoms with E-state index in [1.807, 2.05) is 34.6 Å². The van der Waals surface area contributed by atoms with E-state index in [2.05, 4.69) is 15.9 Å². The molecule has 0 radical (unpaired) electrons. The summed E-state index contributed by atoms with van der Waals surface area (Å²) in [6.07, 6.45) is 0. The molecule has 20 heavy (non-hydrogen) atoms. The Morgan fingerprint density at radius 3 is 2.10 bits per heavy atom. The number of hydrogen-bond acceptors (Lipinski definition) is 3. The smallest absolute Gasteiger partial charge is 0.339 e. The van der Waals surface area contributed by atoms with Crippen LogP contribution < -0.4 is 4.74 Å². The summed E-state index contributed by atoms with van der Waals surface area (Å²) >= 11 is 3.20. The van der Waals surface area contributed by atoms with Gasteiger partial charge in [-0.1, -0.05) is 43.6 Å². The van der Waals surface area contributed by atoms with E-state index in [4.69, 9.17) is 19.7 Å². The first-order chi connectivity index (χ1) is 9.56. The second kappa shape index (κ2) is 17.4. The molecule has 0 aliphatic carbocycles. The molecule has 0 saturated carbocycles. The van der Waals surface area contributed by atoms with Crippen LogP contribution in [0.3, 0.4) is 0 Å². The number of benzene rings is 1. The maximum atomic E-state index is 10.7. The van der Waals surface area contributed by atoms with Crippen LogP contribution in [0.25, 0.3) is 0 Å². The van der Waals surface area contributed by atoms with Crippen molar-refractivity contribution in [1.29, 1.82) is 0 Å². The lowest BCUT2D eigenvalue weighted by Gasteiger charge is -2.06. The van der Waals surface area contributed by atoms with Crippen LogP contribution >= 0.6 is 15.9 Å². The van der Waals surface area contributed by atoms with Gasteiger partial charge in [0, 0.05) is 4.47 Å². The van der Waals surface area contributed by atoms with Crippen molar-refractivity contribution in [1.82, 2.24) is 0 Å². The molecule has 5 nitrogen and oxygen atoms in total. The Kier molecular flexibility index (Phi) is 20.5. The minimum absolute atomic E-state index is 0.177. The molecule has 6 heteroatoms. The second-order valence-electron chi connectivity index (χ2n) is 2.48. The van der Waals surface area contributed by atoms with Crippen LogP contribution in [0.1, 0.15) is 45.0 Å². The van der Waals surface area contributed by atoms with Gasteiger partial charge >= 0.3 is 5.97 Å². The van der Waals surface area contributed by atoms with E-state index in [1.54, 1.807) is 12.1 Å². The van der Waals surface area contributed by atoms with Crippen LogP contribution in [0.4, 0.5) is 0 Å². The van der Waals surface area contributed by atoms with Gasteiger partial charge in [-0.05, 0) is 25.1 Å². The minimum atomic E-state index is -0.982. The lowest BCUT2D eigenvalue weighted by atomic mass is 10.2. The topological polar surface area (TPSA) is 83.8 Å². The molecule has 0 aromatic heterocycles. The van der Waals surface area contributed by atoms with Crippen LogP contribution in [-0.4, -0.2) is 29.3 Å². The quantitative estimate of drug-likeness (QED) is 0.794. The van der Waals surface area contributed by atoms with Gasteiger partial charge in [-0.25, -0.2) is 4.79 Å². The predicted molar refractivity (Wildman–Crippen MR) is 83.7 cm³/mol. The van der Waals surface area contributed by atoms with Gasteiger partial charge in [-0.15, -0.1) is 0 Å². The first-order valence-corrected chi connectivity index (χ1v) is 7.09. The number of aromatic carboxylic acids is 1. The van der Waals surface area contributed by atoms with E-state index in [-0.39, 0.29) is 12.0 Å². The summed E-state index contributed by atoms with van der Waals surface area (Å²) < 4.78 is 5.88. The van der Waals surface area contributed by atoms with Gasteiger partial charge in [0.1, 0.15) is 11.3 Å². The zero-order valence-corrected chi connectivity index (χ0v) is 14.1. The number of hydrogen-bond donors (Lipinski definition) is 2. The second-order valence-corrected chi connectivity index (χ2v) is 3.40. The van der Waals surface area contributed by atoms with E-state index in [0.29, 0.717) is 12.4 Å². The summed E-state index contributed by atoms with van der Waals surface area (Å²) in [5.41, 5.74) is 0.177. The fourth-order valence-electron chi connectivity index (χ4n) is 0.951. The molecule has 0 atom stereocenters. The van der Waals surface area contributed by atoms with Crippen LogP contribution in [0.15, 0.2) is 22.7 Å². The lowest BCUT2D eigenvalue weighted by molar-refractivity contribution is -0.122. The molecule has 1 rings (SSSR count). The van der Waals surface area contributed by atoms with E-state index in [0.717, 1.165) is 4.47 Å². The Bertz CT molecular complexity index is 367. The number of carboxylic acid groups (broad SMARTS) is 2. The number of rotatable bonds is 3. The van der Waals surface area contributed by atoms with Crippen LogP contribution in [0.5, 0.6) is 5.75 Å². The van der Waals surface area contributed by atoms with Crippen molar-refractivity contribution < 1.29 is 24.5 Å². The Morgan fingerprint density at radius 1 is 1.30 bits per heavy atom. The third kappa shape index (κ3) is 11.5. The van der Waals surface area contributed by atoms with Gasteiger partial charge in [0.2, 0.25) is 0 Å². The van der Waals surface area contributed by atoms with Crippen LogP contribution in [0, 0.1) is 0 Å².